The number of pyridine rings is 1. The number of anilines is 1. The summed E-state index contributed by atoms with van der Waals surface area (Å²) in [6.07, 6.45) is 0.501. The van der Waals surface area contributed by atoms with Crippen molar-refractivity contribution in [3.8, 4) is 17.1 Å². The first-order valence-corrected chi connectivity index (χ1v) is 14.6. The number of carbonyl (C=O) groups excluding carboxylic acids is 1. The molecule has 17 heteroatoms. The molecular weight excluding hydrogens is 608 g/mol. The second kappa shape index (κ2) is 11.0. The summed E-state index contributed by atoms with van der Waals surface area (Å²) in [4.78, 5) is 22.8. The van der Waals surface area contributed by atoms with Gasteiger partial charge in [-0.05, 0) is 42.0 Å². The average molecular weight is 638 g/mol. The number of nitrogens with one attached hydrogen (secondary N) is 1. The van der Waals surface area contributed by atoms with Crippen LogP contribution in [-0.4, -0.2) is 94.5 Å². The molecule has 12 nitrogen and oxygen atoms in total. The Bertz CT molecular complexity index is 1960. The van der Waals surface area contributed by atoms with E-state index in [-0.39, 0.29) is 22.8 Å². The number of fused-ring (bicyclic) bond motifs is 1. The van der Waals surface area contributed by atoms with Gasteiger partial charge in [-0.1, -0.05) is 0 Å². The van der Waals surface area contributed by atoms with Crippen LogP contribution in [0.15, 0.2) is 53.8 Å². The minimum atomic E-state index is -4.24. The van der Waals surface area contributed by atoms with E-state index < -0.39 is 84.5 Å². The number of amides is 1. The number of hydrogen-bond donors (Lipinski definition) is 2. The summed E-state index contributed by atoms with van der Waals surface area (Å²) in [6.45, 7) is -1.92. The van der Waals surface area contributed by atoms with Crippen LogP contribution in [0.1, 0.15) is 20.0 Å². The van der Waals surface area contributed by atoms with Crippen molar-refractivity contribution in [3.05, 3.63) is 65.9 Å². The summed E-state index contributed by atoms with van der Waals surface area (Å²) in [5.41, 5.74) is 6.98. The molecular formula is C27H26F4N8O4S. The van der Waals surface area contributed by atoms with Crippen LogP contribution >= 0.6 is 0 Å². The van der Waals surface area contributed by atoms with Crippen molar-refractivity contribution in [2.75, 3.05) is 39.0 Å². The first-order valence-electron chi connectivity index (χ1n) is 14.6. The number of likely N-dealkylation sites (tertiary alicyclic amines) is 1. The quantitative estimate of drug-likeness (QED) is 0.277. The Hall–Kier alpha value is -4.35. The molecule has 6 rings (SSSR count). The molecule has 0 saturated carbocycles. The SMILES string of the molecule is [2H]C([2H])([2H])Oc1ncc(-c2cc(CN3CC(F)(F)C3)c3c(N)ncnn23)cc1C(=O)N[C@@H]1CN(S(=O)(=O)c2ccc(F)cc2)C[C@@H]1F. The van der Waals surface area contributed by atoms with Gasteiger partial charge in [0.05, 0.1) is 40.9 Å². The Balaban J connectivity index is 1.31. The lowest BCUT2D eigenvalue weighted by Crippen LogP contribution is -2.55. The summed E-state index contributed by atoms with van der Waals surface area (Å²) in [6, 6.07) is 5.42. The van der Waals surface area contributed by atoms with Gasteiger partial charge in [0.2, 0.25) is 15.9 Å². The fourth-order valence-electron chi connectivity index (χ4n) is 5.33. The van der Waals surface area contributed by atoms with Crippen molar-refractivity contribution in [2.45, 2.75) is 29.6 Å². The molecule has 1 aromatic carbocycles. The van der Waals surface area contributed by atoms with Crippen LogP contribution < -0.4 is 15.8 Å². The van der Waals surface area contributed by atoms with Gasteiger partial charge in [0.25, 0.3) is 11.8 Å². The molecule has 2 aliphatic rings. The second-order valence-electron chi connectivity index (χ2n) is 10.5. The molecule has 5 heterocycles. The highest BCUT2D eigenvalue weighted by Gasteiger charge is 2.44. The summed E-state index contributed by atoms with van der Waals surface area (Å²) in [5, 5.41) is 6.60. The molecule has 44 heavy (non-hydrogen) atoms. The van der Waals surface area contributed by atoms with Crippen molar-refractivity contribution in [1.82, 2.24) is 34.1 Å². The average Bonchev–Trinajstić information content (AvgIpc) is 3.53. The van der Waals surface area contributed by atoms with Gasteiger partial charge >= 0.3 is 0 Å². The highest BCUT2D eigenvalue weighted by atomic mass is 32.2. The van der Waals surface area contributed by atoms with Gasteiger partial charge < -0.3 is 15.8 Å². The number of nitrogens with zero attached hydrogens (tertiary/aromatic N) is 6. The van der Waals surface area contributed by atoms with E-state index >= 15 is 4.39 Å². The van der Waals surface area contributed by atoms with E-state index in [1.165, 1.54) is 21.7 Å². The second-order valence-corrected chi connectivity index (χ2v) is 12.5. The van der Waals surface area contributed by atoms with Crippen LogP contribution in [0.2, 0.25) is 0 Å². The summed E-state index contributed by atoms with van der Waals surface area (Å²) < 4.78 is 111. The normalized spacial score (nSPS) is 21.8. The third kappa shape index (κ3) is 5.41. The molecule has 2 saturated heterocycles. The van der Waals surface area contributed by atoms with E-state index in [4.69, 9.17) is 14.6 Å². The third-order valence-electron chi connectivity index (χ3n) is 7.44. The highest BCUT2D eigenvalue weighted by Crippen LogP contribution is 2.34. The molecule has 1 amide bonds. The van der Waals surface area contributed by atoms with Crippen LogP contribution in [-0.2, 0) is 16.6 Å². The minimum absolute atomic E-state index is 0.0529. The molecule has 2 fully saturated rings. The van der Waals surface area contributed by atoms with Gasteiger partial charge in [0, 0.05) is 31.4 Å². The number of methoxy groups -OCH3 is 1. The number of nitrogen functional groups attached to an aromatic ring is 1. The monoisotopic (exact) mass is 637 g/mol. The summed E-state index contributed by atoms with van der Waals surface area (Å²) >= 11 is 0. The Labute approximate surface area is 252 Å². The molecule has 0 unspecified atom stereocenters. The highest BCUT2D eigenvalue weighted by molar-refractivity contribution is 7.89. The lowest BCUT2D eigenvalue weighted by atomic mass is 10.1. The summed E-state index contributed by atoms with van der Waals surface area (Å²) in [5.74, 6) is -5.06. The molecule has 4 aromatic rings. The van der Waals surface area contributed by atoms with Gasteiger partial charge in [0.1, 0.15) is 29.4 Å². The number of carbonyl (C=O) groups is 1. The fraction of sp³-hybridized carbons (Fsp3) is 0.333. The van der Waals surface area contributed by atoms with E-state index in [1.54, 1.807) is 6.07 Å². The maximum atomic E-state index is 15.1. The fourth-order valence-corrected chi connectivity index (χ4v) is 6.81. The zero-order valence-electron chi connectivity index (χ0n) is 25.6. The van der Waals surface area contributed by atoms with Crippen LogP contribution in [0.3, 0.4) is 0 Å². The number of nitrogens with two attached hydrogens (primary N) is 1. The summed E-state index contributed by atoms with van der Waals surface area (Å²) in [7, 11) is -7.27. The van der Waals surface area contributed by atoms with Gasteiger partial charge in [0.15, 0.2) is 5.82 Å². The van der Waals surface area contributed by atoms with E-state index in [0.717, 1.165) is 34.9 Å². The van der Waals surface area contributed by atoms with Crippen LogP contribution in [0.5, 0.6) is 5.88 Å². The van der Waals surface area contributed by atoms with E-state index in [2.05, 4.69) is 20.4 Å². The number of sulfonamides is 1. The largest absolute Gasteiger partial charge is 0.480 e. The predicted octanol–water partition coefficient (Wildman–Crippen LogP) is 2.11. The lowest BCUT2D eigenvalue weighted by Gasteiger charge is -2.38. The van der Waals surface area contributed by atoms with Gasteiger partial charge in [-0.25, -0.2) is 40.5 Å². The van der Waals surface area contributed by atoms with Crippen LogP contribution in [0.25, 0.3) is 16.8 Å². The first kappa shape index (κ1) is 26.1. The minimum Gasteiger partial charge on any atom is -0.480 e. The maximum absolute atomic E-state index is 15.1. The smallest absolute Gasteiger partial charge is 0.272 e. The molecule has 232 valence electrons. The lowest BCUT2D eigenvalue weighted by molar-refractivity contribution is -0.133. The number of aromatic nitrogens is 4. The Morgan fingerprint density at radius 2 is 1.95 bits per heavy atom. The molecule has 0 aliphatic carbocycles. The molecule has 0 spiro atoms. The number of ether oxygens (including phenoxy) is 1. The van der Waals surface area contributed by atoms with Gasteiger partial charge in [-0.2, -0.15) is 9.40 Å². The number of rotatable bonds is 8. The molecule has 3 aromatic heterocycles. The predicted molar refractivity (Wildman–Crippen MR) is 149 cm³/mol. The van der Waals surface area contributed by atoms with Crippen LogP contribution in [0.4, 0.5) is 23.4 Å². The Morgan fingerprint density at radius 3 is 2.66 bits per heavy atom. The van der Waals surface area contributed by atoms with Crippen molar-refractivity contribution >= 4 is 27.3 Å². The molecule has 2 atom stereocenters. The number of benzene rings is 1. The van der Waals surface area contributed by atoms with Crippen molar-refractivity contribution in [1.29, 1.82) is 0 Å². The van der Waals surface area contributed by atoms with Gasteiger partial charge in [-0.3, -0.25) is 9.69 Å². The number of alkyl halides is 3. The molecule has 0 radical (unpaired) electrons. The number of hydrogen-bond acceptors (Lipinski definition) is 9. The van der Waals surface area contributed by atoms with Crippen LogP contribution in [0, 0.1) is 5.82 Å². The van der Waals surface area contributed by atoms with Gasteiger partial charge in [-0.15, -0.1) is 0 Å². The zero-order valence-corrected chi connectivity index (χ0v) is 23.4. The topological polar surface area (TPSA) is 148 Å². The Kier molecular flexibility index (Phi) is 6.51. The van der Waals surface area contributed by atoms with E-state index in [1.807, 2.05) is 0 Å². The number of halogens is 4. The first-order chi connectivity index (χ1) is 22.0. The van der Waals surface area contributed by atoms with Crippen molar-refractivity contribution in [2.24, 2.45) is 0 Å². The molecule has 3 N–H and O–H groups in total. The van der Waals surface area contributed by atoms with E-state index in [0.29, 0.717) is 16.8 Å². The maximum Gasteiger partial charge on any atom is 0.272 e. The molecule has 0 bridgehead atoms. The molecule has 2 aliphatic heterocycles. The van der Waals surface area contributed by atoms with Crippen molar-refractivity contribution < 1.29 is 39.6 Å². The van der Waals surface area contributed by atoms with E-state index in [9.17, 15) is 26.4 Å². The standard InChI is InChI=1S/C27H26F4N8O4S/c1-43-26-19(25(40)36-21-11-38(10-20(21)29)44(41,42)18-4-2-17(28)3-5-18)6-15(8-33-26)22-7-16(9-37-12-27(30,31)13-37)23-24(32)34-14-35-39(22)23/h2-8,14,20-21H,9-13H2,1H3,(H,36,40)(H2,32,34,35)/t20-,21+/m0/s1/i1D3. The van der Waals surface area contributed by atoms with Crippen molar-refractivity contribution in [3.63, 3.8) is 0 Å². The Morgan fingerprint density at radius 1 is 1.20 bits per heavy atom. The third-order valence-corrected chi connectivity index (χ3v) is 9.28. The zero-order chi connectivity index (χ0) is 33.9.